The first kappa shape index (κ1) is 11.5. The summed E-state index contributed by atoms with van der Waals surface area (Å²) in [6.45, 7) is 2.78. The minimum absolute atomic E-state index is 0.232. The van der Waals surface area contributed by atoms with Crippen LogP contribution in [0.4, 0.5) is 5.69 Å². The Morgan fingerprint density at radius 2 is 2.33 bits per heavy atom. The maximum Gasteiger partial charge on any atom is 0.224 e. The van der Waals surface area contributed by atoms with Crippen LogP contribution < -0.4 is 10.6 Å². The van der Waals surface area contributed by atoms with Crippen LogP contribution in [0.5, 0.6) is 0 Å². The first-order valence-corrected chi connectivity index (χ1v) is 6.56. The Balaban J connectivity index is 1.79. The van der Waals surface area contributed by atoms with E-state index in [0.717, 1.165) is 26.1 Å². The Bertz CT molecular complexity index is 472. The summed E-state index contributed by atoms with van der Waals surface area (Å²) < 4.78 is 0. The highest BCUT2D eigenvalue weighted by atomic mass is 16.2. The van der Waals surface area contributed by atoms with Gasteiger partial charge in [0, 0.05) is 32.2 Å². The number of carbonyl (C=O) groups excluding carboxylic acids is 1. The molecule has 1 fully saturated rings. The van der Waals surface area contributed by atoms with E-state index in [4.69, 9.17) is 0 Å². The van der Waals surface area contributed by atoms with Crippen molar-refractivity contribution < 1.29 is 4.79 Å². The van der Waals surface area contributed by atoms with Crippen molar-refractivity contribution in [3.8, 4) is 0 Å². The fourth-order valence-corrected chi connectivity index (χ4v) is 2.83. The Labute approximate surface area is 107 Å². The van der Waals surface area contributed by atoms with Crippen molar-refractivity contribution in [2.75, 3.05) is 25.5 Å². The quantitative estimate of drug-likeness (QED) is 0.816. The van der Waals surface area contributed by atoms with Crippen LogP contribution in [0.2, 0.25) is 0 Å². The van der Waals surface area contributed by atoms with Crippen LogP contribution in [0, 0.1) is 0 Å². The second-order valence-electron chi connectivity index (χ2n) is 5.19. The van der Waals surface area contributed by atoms with Gasteiger partial charge >= 0.3 is 0 Å². The van der Waals surface area contributed by atoms with E-state index < -0.39 is 0 Å². The molecule has 2 aliphatic heterocycles. The molecular formula is C14H19N3O. The first-order chi connectivity index (χ1) is 8.74. The predicted octanol–water partition coefficient (Wildman–Crippen LogP) is 0.975. The molecule has 18 heavy (non-hydrogen) atoms. The zero-order valence-electron chi connectivity index (χ0n) is 10.7. The molecule has 1 atom stereocenters. The van der Waals surface area contributed by atoms with Gasteiger partial charge < -0.3 is 15.5 Å². The van der Waals surface area contributed by atoms with Crippen molar-refractivity contribution in [3.05, 3.63) is 29.3 Å². The molecule has 2 aliphatic rings. The van der Waals surface area contributed by atoms with Crippen LogP contribution in [0.25, 0.3) is 0 Å². The molecule has 0 spiro atoms. The molecule has 1 aromatic rings. The zero-order chi connectivity index (χ0) is 12.5. The zero-order valence-corrected chi connectivity index (χ0v) is 10.7. The van der Waals surface area contributed by atoms with E-state index in [1.807, 2.05) is 7.05 Å². The Kier molecular flexibility index (Phi) is 2.96. The number of rotatable bonds is 2. The van der Waals surface area contributed by atoms with Gasteiger partial charge in [0.15, 0.2) is 0 Å². The van der Waals surface area contributed by atoms with Gasteiger partial charge in [-0.2, -0.15) is 0 Å². The van der Waals surface area contributed by atoms with Crippen molar-refractivity contribution in [1.82, 2.24) is 10.2 Å². The molecule has 1 aromatic carbocycles. The molecule has 0 radical (unpaired) electrons. The lowest BCUT2D eigenvalue weighted by Crippen LogP contribution is -2.28. The third-order valence-electron chi connectivity index (χ3n) is 3.85. The standard InChI is InChI=1S/C14H19N3O/c1-17-9-11(7-14(17)18)16-13-4-2-3-10-5-6-15-8-12(10)13/h2-4,11,15-16H,5-9H2,1H3/t11-/m0/s1. The maximum absolute atomic E-state index is 11.5. The second kappa shape index (κ2) is 4.61. The van der Waals surface area contributed by atoms with E-state index in [9.17, 15) is 4.79 Å². The SMILES string of the molecule is CN1C[C@@H](Nc2cccc3c2CNCC3)CC1=O. The van der Waals surface area contributed by atoms with Gasteiger partial charge in [0.25, 0.3) is 0 Å². The van der Waals surface area contributed by atoms with E-state index in [0.29, 0.717) is 6.42 Å². The number of carbonyl (C=O) groups is 1. The molecular weight excluding hydrogens is 226 g/mol. The van der Waals surface area contributed by atoms with Gasteiger partial charge in [0.1, 0.15) is 0 Å². The number of anilines is 1. The topological polar surface area (TPSA) is 44.4 Å². The van der Waals surface area contributed by atoms with Crippen molar-refractivity contribution >= 4 is 11.6 Å². The van der Waals surface area contributed by atoms with Gasteiger partial charge in [-0.1, -0.05) is 12.1 Å². The van der Waals surface area contributed by atoms with Gasteiger partial charge in [-0.05, 0) is 30.2 Å². The van der Waals surface area contributed by atoms with Crippen LogP contribution in [-0.4, -0.2) is 37.0 Å². The molecule has 0 aromatic heterocycles. The lowest BCUT2D eigenvalue weighted by atomic mass is 9.99. The average molecular weight is 245 g/mol. The third kappa shape index (κ3) is 2.08. The molecule has 0 saturated carbocycles. The number of nitrogens with one attached hydrogen (secondary N) is 2. The number of hydrogen-bond acceptors (Lipinski definition) is 3. The molecule has 0 aliphatic carbocycles. The monoisotopic (exact) mass is 245 g/mol. The van der Waals surface area contributed by atoms with Gasteiger partial charge in [-0.25, -0.2) is 0 Å². The highest BCUT2D eigenvalue weighted by Crippen LogP contribution is 2.25. The summed E-state index contributed by atoms with van der Waals surface area (Å²) in [6.07, 6.45) is 1.70. The molecule has 2 N–H and O–H groups in total. The van der Waals surface area contributed by atoms with E-state index in [1.54, 1.807) is 4.90 Å². The van der Waals surface area contributed by atoms with Gasteiger partial charge in [0.2, 0.25) is 5.91 Å². The highest BCUT2D eigenvalue weighted by Gasteiger charge is 2.27. The number of hydrogen-bond donors (Lipinski definition) is 2. The molecule has 4 nitrogen and oxygen atoms in total. The Hall–Kier alpha value is -1.55. The molecule has 96 valence electrons. The van der Waals surface area contributed by atoms with Gasteiger partial charge in [0.05, 0.1) is 6.04 Å². The number of fused-ring (bicyclic) bond motifs is 1. The van der Waals surface area contributed by atoms with Gasteiger partial charge in [-0.15, -0.1) is 0 Å². The molecule has 3 rings (SSSR count). The minimum Gasteiger partial charge on any atom is -0.380 e. The number of benzene rings is 1. The van der Waals surface area contributed by atoms with Crippen LogP contribution in [0.3, 0.4) is 0 Å². The van der Waals surface area contributed by atoms with E-state index >= 15 is 0 Å². The summed E-state index contributed by atoms with van der Waals surface area (Å²) in [5.41, 5.74) is 3.98. The molecule has 0 bridgehead atoms. The lowest BCUT2D eigenvalue weighted by Gasteiger charge is -2.23. The number of likely N-dealkylation sites (tertiary alicyclic amines) is 1. The van der Waals surface area contributed by atoms with E-state index in [2.05, 4.69) is 28.8 Å². The summed E-state index contributed by atoms with van der Waals surface area (Å²) in [5.74, 6) is 0.232. The fraction of sp³-hybridized carbons (Fsp3) is 0.500. The van der Waals surface area contributed by atoms with Crippen molar-refractivity contribution in [2.45, 2.75) is 25.4 Å². The lowest BCUT2D eigenvalue weighted by molar-refractivity contribution is -0.126. The van der Waals surface area contributed by atoms with Crippen LogP contribution >= 0.6 is 0 Å². The normalized spacial score (nSPS) is 23.1. The van der Waals surface area contributed by atoms with Crippen LogP contribution in [0.15, 0.2) is 18.2 Å². The van der Waals surface area contributed by atoms with Crippen LogP contribution in [0.1, 0.15) is 17.5 Å². The number of amides is 1. The summed E-state index contributed by atoms with van der Waals surface area (Å²) in [5, 5.41) is 6.93. The minimum atomic E-state index is 0.232. The highest BCUT2D eigenvalue weighted by molar-refractivity contribution is 5.79. The summed E-state index contributed by atoms with van der Waals surface area (Å²) in [7, 11) is 1.87. The smallest absolute Gasteiger partial charge is 0.224 e. The van der Waals surface area contributed by atoms with Crippen LogP contribution in [-0.2, 0) is 17.8 Å². The molecule has 1 amide bonds. The van der Waals surface area contributed by atoms with Crippen molar-refractivity contribution in [3.63, 3.8) is 0 Å². The Morgan fingerprint density at radius 1 is 1.44 bits per heavy atom. The van der Waals surface area contributed by atoms with Crippen molar-refractivity contribution in [1.29, 1.82) is 0 Å². The maximum atomic E-state index is 11.5. The molecule has 0 unspecified atom stereocenters. The molecule has 2 heterocycles. The number of nitrogens with zero attached hydrogens (tertiary/aromatic N) is 1. The Morgan fingerprint density at radius 3 is 3.11 bits per heavy atom. The average Bonchev–Trinajstić information content (AvgIpc) is 2.69. The predicted molar refractivity (Wildman–Crippen MR) is 71.5 cm³/mol. The third-order valence-corrected chi connectivity index (χ3v) is 3.85. The first-order valence-electron chi connectivity index (χ1n) is 6.56. The fourth-order valence-electron chi connectivity index (χ4n) is 2.83. The largest absolute Gasteiger partial charge is 0.380 e. The summed E-state index contributed by atoms with van der Waals surface area (Å²) in [4.78, 5) is 13.3. The van der Waals surface area contributed by atoms with E-state index in [-0.39, 0.29) is 11.9 Å². The molecule has 4 heteroatoms. The summed E-state index contributed by atoms with van der Waals surface area (Å²) >= 11 is 0. The number of likely N-dealkylation sites (N-methyl/N-ethyl adjacent to an activating group) is 1. The van der Waals surface area contributed by atoms with Gasteiger partial charge in [-0.3, -0.25) is 4.79 Å². The second-order valence-corrected chi connectivity index (χ2v) is 5.19. The van der Waals surface area contributed by atoms with Crippen molar-refractivity contribution in [2.24, 2.45) is 0 Å². The summed E-state index contributed by atoms with van der Waals surface area (Å²) in [6, 6.07) is 6.67. The molecule has 1 saturated heterocycles. The van der Waals surface area contributed by atoms with E-state index in [1.165, 1.54) is 16.8 Å².